The lowest BCUT2D eigenvalue weighted by atomic mass is 10.2. The number of nitrogens with zero attached hydrogens (tertiary/aromatic N) is 1. The van der Waals surface area contributed by atoms with Crippen molar-refractivity contribution in [1.82, 2.24) is 4.98 Å². The Kier molecular flexibility index (Phi) is 6.62. The van der Waals surface area contributed by atoms with Crippen LogP contribution in [-0.2, 0) is 10.5 Å². The van der Waals surface area contributed by atoms with Gasteiger partial charge in [-0.1, -0.05) is 35.9 Å². The van der Waals surface area contributed by atoms with Crippen molar-refractivity contribution in [2.75, 3.05) is 16.4 Å². The fourth-order valence-corrected chi connectivity index (χ4v) is 3.75. The lowest BCUT2D eigenvalue weighted by Gasteiger charge is -2.08. The van der Waals surface area contributed by atoms with Crippen molar-refractivity contribution in [2.45, 2.75) is 12.7 Å². The van der Waals surface area contributed by atoms with Gasteiger partial charge in [0.25, 0.3) is 5.91 Å². The van der Waals surface area contributed by atoms with Crippen LogP contribution in [0.25, 0.3) is 0 Å². The van der Waals surface area contributed by atoms with E-state index in [-0.39, 0.29) is 11.8 Å². The number of thiazole rings is 1. The highest BCUT2D eigenvalue weighted by molar-refractivity contribution is 7.99. The summed E-state index contributed by atoms with van der Waals surface area (Å²) in [5, 5.41) is 7.90. The second-order valence-corrected chi connectivity index (χ2v) is 7.78. The maximum Gasteiger partial charge on any atom is 0.257 e. The molecule has 7 heteroatoms. The summed E-state index contributed by atoms with van der Waals surface area (Å²) >= 11 is 2.91. The van der Waals surface area contributed by atoms with E-state index >= 15 is 0 Å². The normalized spacial score (nSPS) is 10.4. The molecule has 0 saturated carbocycles. The molecule has 0 unspecified atom stereocenters. The second kappa shape index (κ2) is 9.34. The van der Waals surface area contributed by atoms with Crippen LogP contribution in [-0.4, -0.2) is 22.6 Å². The molecule has 5 nitrogen and oxygen atoms in total. The third-order valence-electron chi connectivity index (χ3n) is 3.65. The average molecular weight is 398 g/mol. The van der Waals surface area contributed by atoms with Gasteiger partial charge in [-0.25, -0.2) is 4.98 Å². The van der Waals surface area contributed by atoms with Crippen molar-refractivity contribution >= 4 is 45.7 Å². The molecule has 1 aromatic heterocycles. The van der Waals surface area contributed by atoms with Crippen LogP contribution in [0.1, 0.15) is 21.5 Å². The molecule has 0 atom stereocenters. The topological polar surface area (TPSA) is 71.1 Å². The molecule has 0 bridgehead atoms. The van der Waals surface area contributed by atoms with Crippen LogP contribution in [0.5, 0.6) is 0 Å². The van der Waals surface area contributed by atoms with E-state index in [0.29, 0.717) is 22.1 Å². The van der Waals surface area contributed by atoms with E-state index in [1.807, 2.05) is 6.07 Å². The Labute approximate surface area is 166 Å². The lowest BCUT2D eigenvalue weighted by Crippen LogP contribution is -2.16. The van der Waals surface area contributed by atoms with E-state index < -0.39 is 0 Å². The molecular formula is C20H19N3O2S2. The van der Waals surface area contributed by atoms with Gasteiger partial charge in [-0.05, 0) is 30.7 Å². The molecule has 2 amide bonds. The third kappa shape index (κ3) is 5.94. The van der Waals surface area contributed by atoms with Crippen LogP contribution < -0.4 is 10.6 Å². The van der Waals surface area contributed by atoms with Gasteiger partial charge in [0.05, 0.1) is 5.75 Å². The number of amides is 2. The molecule has 2 aromatic carbocycles. The van der Waals surface area contributed by atoms with Gasteiger partial charge in [0.2, 0.25) is 5.91 Å². The number of hydrogen-bond donors (Lipinski definition) is 2. The SMILES string of the molecule is Cc1cccc(CSCC(=O)Nc2cccc(C(=O)Nc3nccs3)c2)c1. The molecule has 0 radical (unpaired) electrons. The zero-order valence-electron chi connectivity index (χ0n) is 14.8. The van der Waals surface area contributed by atoms with Gasteiger partial charge in [-0.15, -0.1) is 23.1 Å². The number of hydrogen-bond acceptors (Lipinski definition) is 5. The molecule has 3 rings (SSSR count). The molecule has 0 fully saturated rings. The summed E-state index contributed by atoms with van der Waals surface area (Å²) in [7, 11) is 0. The molecule has 0 aliphatic rings. The van der Waals surface area contributed by atoms with E-state index in [0.717, 1.165) is 5.75 Å². The highest BCUT2D eigenvalue weighted by Crippen LogP contribution is 2.17. The fourth-order valence-electron chi connectivity index (χ4n) is 2.45. The maximum absolute atomic E-state index is 12.2. The standard InChI is InChI=1S/C20H19N3O2S2/c1-14-4-2-5-15(10-14)12-26-13-18(24)22-17-7-3-6-16(11-17)19(25)23-20-21-8-9-27-20/h2-11H,12-13H2,1H3,(H,22,24)(H,21,23,25). The summed E-state index contributed by atoms with van der Waals surface area (Å²) in [6.07, 6.45) is 1.63. The third-order valence-corrected chi connectivity index (χ3v) is 5.34. The van der Waals surface area contributed by atoms with Gasteiger partial charge in [0.15, 0.2) is 5.13 Å². The van der Waals surface area contributed by atoms with Gasteiger partial charge in [-0.3, -0.25) is 14.9 Å². The van der Waals surface area contributed by atoms with E-state index in [4.69, 9.17) is 0 Å². The largest absolute Gasteiger partial charge is 0.325 e. The fraction of sp³-hybridized carbons (Fsp3) is 0.150. The summed E-state index contributed by atoms with van der Waals surface area (Å²) in [5.74, 6) is 0.787. The van der Waals surface area contributed by atoms with Gasteiger partial charge in [-0.2, -0.15) is 0 Å². The van der Waals surface area contributed by atoms with E-state index in [1.54, 1.807) is 47.6 Å². The molecule has 27 heavy (non-hydrogen) atoms. The smallest absolute Gasteiger partial charge is 0.257 e. The first-order chi connectivity index (χ1) is 13.1. The number of rotatable bonds is 7. The summed E-state index contributed by atoms with van der Waals surface area (Å²) in [4.78, 5) is 28.4. The van der Waals surface area contributed by atoms with Crippen molar-refractivity contribution in [3.8, 4) is 0 Å². The van der Waals surface area contributed by atoms with E-state index in [1.165, 1.54) is 22.5 Å². The quantitative estimate of drug-likeness (QED) is 0.612. The minimum absolute atomic E-state index is 0.0925. The van der Waals surface area contributed by atoms with Crippen molar-refractivity contribution in [1.29, 1.82) is 0 Å². The van der Waals surface area contributed by atoms with Crippen molar-refractivity contribution in [3.05, 3.63) is 76.8 Å². The van der Waals surface area contributed by atoms with Crippen LogP contribution in [0, 0.1) is 6.92 Å². The predicted octanol–water partition coefficient (Wildman–Crippen LogP) is 4.58. The zero-order valence-corrected chi connectivity index (χ0v) is 16.4. The van der Waals surface area contributed by atoms with E-state index in [2.05, 4.69) is 40.7 Å². The number of benzene rings is 2. The Bertz CT molecular complexity index is 926. The molecule has 0 saturated heterocycles. The molecular weight excluding hydrogens is 378 g/mol. The Hall–Kier alpha value is -2.64. The minimum atomic E-state index is -0.255. The van der Waals surface area contributed by atoms with Crippen LogP contribution in [0.4, 0.5) is 10.8 Å². The van der Waals surface area contributed by atoms with Crippen LogP contribution in [0.15, 0.2) is 60.1 Å². The summed E-state index contributed by atoms with van der Waals surface area (Å²) in [6.45, 7) is 2.05. The molecule has 0 spiro atoms. The number of carbonyl (C=O) groups is 2. The second-order valence-electron chi connectivity index (χ2n) is 5.90. The Balaban J connectivity index is 1.51. The molecule has 138 valence electrons. The molecule has 0 aliphatic carbocycles. The summed E-state index contributed by atoms with van der Waals surface area (Å²) < 4.78 is 0. The van der Waals surface area contributed by atoms with Crippen molar-refractivity contribution in [3.63, 3.8) is 0 Å². The molecule has 1 heterocycles. The monoisotopic (exact) mass is 397 g/mol. The zero-order chi connectivity index (χ0) is 19.1. The molecule has 2 N–H and O–H groups in total. The van der Waals surface area contributed by atoms with Gasteiger partial charge >= 0.3 is 0 Å². The first-order valence-corrected chi connectivity index (χ1v) is 10.4. The number of nitrogens with one attached hydrogen (secondary N) is 2. The Morgan fingerprint density at radius 3 is 2.74 bits per heavy atom. The molecule has 3 aromatic rings. The van der Waals surface area contributed by atoms with Crippen molar-refractivity contribution in [2.24, 2.45) is 0 Å². The first-order valence-electron chi connectivity index (χ1n) is 8.34. The van der Waals surface area contributed by atoms with Crippen LogP contribution >= 0.6 is 23.1 Å². The number of carbonyl (C=O) groups excluding carboxylic acids is 2. The lowest BCUT2D eigenvalue weighted by molar-refractivity contribution is -0.113. The summed E-state index contributed by atoms with van der Waals surface area (Å²) in [5.41, 5.74) is 3.48. The van der Waals surface area contributed by atoms with E-state index in [9.17, 15) is 9.59 Å². The average Bonchev–Trinajstić information content (AvgIpc) is 3.15. The number of aryl methyl sites for hydroxylation is 1. The first kappa shape index (κ1) is 19.1. The number of aromatic nitrogens is 1. The van der Waals surface area contributed by atoms with Crippen molar-refractivity contribution < 1.29 is 9.59 Å². The Morgan fingerprint density at radius 1 is 1.11 bits per heavy atom. The number of anilines is 2. The molecule has 0 aliphatic heterocycles. The Morgan fingerprint density at radius 2 is 1.96 bits per heavy atom. The predicted molar refractivity (Wildman–Crippen MR) is 112 cm³/mol. The van der Waals surface area contributed by atoms with Crippen LogP contribution in [0.2, 0.25) is 0 Å². The van der Waals surface area contributed by atoms with Gasteiger partial charge in [0, 0.05) is 28.6 Å². The number of thioether (sulfide) groups is 1. The van der Waals surface area contributed by atoms with Crippen LogP contribution in [0.3, 0.4) is 0 Å². The van der Waals surface area contributed by atoms with Gasteiger partial charge < -0.3 is 5.32 Å². The maximum atomic E-state index is 12.2. The highest BCUT2D eigenvalue weighted by atomic mass is 32.2. The highest BCUT2D eigenvalue weighted by Gasteiger charge is 2.09. The summed E-state index contributed by atoms with van der Waals surface area (Å²) in [6, 6.07) is 15.1. The minimum Gasteiger partial charge on any atom is -0.325 e. The van der Waals surface area contributed by atoms with Gasteiger partial charge in [0.1, 0.15) is 0 Å².